The van der Waals surface area contributed by atoms with Crippen LogP contribution in [-0.4, -0.2) is 15.7 Å². The summed E-state index contributed by atoms with van der Waals surface area (Å²) in [5.74, 6) is -0.774. The summed E-state index contributed by atoms with van der Waals surface area (Å²) in [7, 11) is 0. The minimum atomic E-state index is -0.447. The van der Waals surface area contributed by atoms with Gasteiger partial charge in [0.15, 0.2) is 0 Å². The number of hydrogen-bond donors (Lipinski definition) is 1. The number of nitrogens with zero attached hydrogens (tertiary/aromatic N) is 3. The first-order valence-electron chi connectivity index (χ1n) is 9.20. The summed E-state index contributed by atoms with van der Waals surface area (Å²) in [6.07, 6.45) is 1.55. The lowest BCUT2D eigenvalue weighted by Crippen LogP contribution is -2.27. The Balaban J connectivity index is 1.88. The van der Waals surface area contributed by atoms with Crippen molar-refractivity contribution in [3.05, 3.63) is 88.5 Å². The molecule has 3 rings (SSSR count). The number of nitrogens with one attached hydrogen (secondary N) is 1. The predicted molar refractivity (Wildman–Crippen MR) is 110 cm³/mol. The molecule has 3 aromatic rings. The fourth-order valence-corrected chi connectivity index (χ4v) is 3.09. The van der Waals surface area contributed by atoms with Crippen molar-refractivity contribution in [1.29, 1.82) is 5.26 Å². The van der Waals surface area contributed by atoms with Gasteiger partial charge in [0.1, 0.15) is 17.5 Å². The fourth-order valence-electron chi connectivity index (χ4n) is 3.09. The van der Waals surface area contributed by atoms with E-state index in [0.717, 1.165) is 11.3 Å². The van der Waals surface area contributed by atoms with E-state index < -0.39 is 5.91 Å². The molecule has 0 radical (unpaired) electrons. The van der Waals surface area contributed by atoms with Gasteiger partial charge in [0.25, 0.3) is 5.91 Å². The van der Waals surface area contributed by atoms with E-state index in [2.05, 4.69) is 10.4 Å². The first kappa shape index (κ1) is 20.0. The van der Waals surface area contributed by atoms with Crippen molar-refractivity contribution in [3.8, 4) is 11.8 Å². The molecule has 1 atom stereocenters. The van der Waals surface area contributed by atoms with Gasteiger partial charge >= 0.3 is 0 Å². The molecule has 0 saturated carbocycles. The molecule has 29 heavy (non-hydrogen) atoms. The van der Waals surface area contributed by atoms with Gasteiger partial charge in [-0.05, 0) is 56.7 Å². The Morgan fingerprint density at radius 2 is 1.83 bits per heavy atom. The minimum Gasteiger partial charge on any atom is -0.345 e. The lowest BCUT2D eigenvalue weighted by molar-refractivity contribution is -0.117. The molecule has 0 saturated heterocycles. The monoisotopic (exact) mass is 388 g/mol. The molecule has 0 aliphatic carbocycles. The Hall–Kier alpha value is -3.72. The van der Waals surface area contributed by atoms with Crippen LogP contribution in [0, 0.1) is 31.0 Å². The Bertz CT molecular complexity index is 1090. The largest absolute Gasteiger partial charge is 0.345 e. The Morgan fingerprint density at radius 3 is 2.45 bits per heavy atom. The zero-order valence-electron chi connectivity index (χ0n) is 16.5. The predicted octanol–water partition coefficient (Wildman–Crippen LogP) is 4.41. The van der Waals surface area contributed by atoms with Crippen molar-refractivity contribution in [1.82, 2.24) is 15.1 Å². The van der Waals surface area contributed by atoms with Gasteiger partial charge < -0.3 is 5.32 Å². The van der Waals surface area contributed by atoms with Gasteiger partial charge in [-0.25, -0.2) is 9.07 Å². The number of amides is 1. The van der Waals surface area contributed by atoms with Crippen LogP contribution in [0.1, 0.15) is 35.5 Å². The van der Waals surface area contributed by atoms with E-state index in [9.17, 15) is 14.4 Å². The number of nitriles is 1. The van der Waals surface area contributed by atoms with E-state index in [1.54, 1.807) is 29.8 Å². The van der Waals surface area contributed by atoms with Gasteiger partial charge in [0.2, 0.25) is 0 Å². The van der Waals surface area contributed by atoms with E-state index in [-0.39, 0.29) is 17.4 Å². The van der Waals surface area contributed by atoms with Crippen molar-refractivity contribution in [2.45, 2.75) is 26.8 Å². The average Bonchev–Trinajstić information content (AvgIpc) is 3.00. The molecule has 0 aliphatic heterocycles. The van der Waals surface area contributed by atoms with Crippen molar-refractivity contribution >= 4 is 12.0 Å². The Kier molecular flexibility index (Phi) is 5.89. The van der Waals surface area contributed by atoms with Gasteiger partial charge in [0.05, 0.1) is 17.4 Å². The van der Waals surface area contributed by atoms with Crippen LogP contribution in [-0.2, 0) is 4.79 Å². The summed E-state index contributed by atoms with van der Waals surface area (Å²) in [6, 6.07) is 17.3. The topological polar surface area (TPSA) is 70.7 Å². The van der Waals surface area contributed by atoms with Crippen molar-refractivity contribution in [2.24, 2.45) is 0 Å². The molecular weight excluding hydrogens is 367 g/mol. The lowest BCUT2D eigenvalue weighted by Gasteiger charge is -2.13. The Morgan fingerprint density at radius 1 is 1.17 bits per heavy atom. The highest BCUT2D eigenvalue weighted by Crippen LogP contribution is 2.21. The number of benzene rings is 2. The van der Waals surface area contributed by atoms with E-state index in [0.29, 0.717) is 16.9 Å². The number of aryl methyl sites for hydroxylation is 1. The SMILES string of the molecule is Cc1nn(-c2ccc(F)cc2)c(C)c1/C=C(\C#N)C(=O)N[C@H](C)c1ccccc1. The maximum Gasteiger partial charge on any atom is 0.262 e. The highest BCUT2D eigenvalue weighted by Gasteiger charge is 2.17. The van der Waals surface area contributed by atoms with Crippen molar-refractivity contribution < 1.29 is 9.18 Å². The van der Waals surface area contributed by atoms with Gasteiger partial charge in [-0.15, -0.1) is 0 Å². The second kappa shape index (κ2) is 8.53. The number of carbonyl (C=O) groups excluding carboxylic acids is 1. The summed E-state index contributed by atoms with van der Waals surface area (Å²) >= 11 is 0. The molecule has 0 aliphatic rings. The van der Waals surface area contributed by atoms with Crippen molar-refractivity contribution in [2.75, 3.05) is 0 Å². The average molecular weight is 388 g/mol. The van der Waals surface area contributed by atoms with Gasteiger partial charge in [-0.2, -0.15) is 10.4 Å². The molecular formula is C23H21FN4O. The second-order valence-electron chi connectivity index (χ2n) is 6.75. The summed E-state index contributed by atoms with van der Waals surface area (Å²) in [6.45, 7) is 5.51. The van der Waals surface area contributed by atoms with Gasteiger partial charge in [-0.3, -0.25) is 4.79 Å². The van der Waals surface area contributed by atoms with Gasteiger partial charge in [0, 0.05) is 11.3 Å². The van der Waals surface area contributed by atoms with E-state index in [1.807, 2.05) is 50.2 Å². The molecule has 0 fully saturated rings. The molecule has 6 heteroatoms. The van der Waals surface area contributed by atoms with E-state index in [1.165, 1.54) is 12.1 Å². The minimum absolute atomic E-state index is 0.00219. The van der Waals surface area contributed by atoms with Crippen LogP contribution in [0.5, 0.6) is 0 Å². The molecule has 1 amide bonds. The van der Waals surface area contributed by atoms with Crippen LogP contribution in [0.25, 0.3) is 11.8 Å². The summed E-state index contributed by atoms with van der Waals surface area (Å²) < 4.78 is 14.9. The fraction of sp³-hybridized carbons (Fsp3) is 0.174. The van der Waals surface area contributed by atoms with Crippen LogP contribution in [0.2, 0.25) is 0 Å². The first-order valence-corrected chi connectivity index (χ1v) is 9.20. The van der Waals surface area contributed by atoms with Crippen LogP contribution >= 0.6 is 0 Å². The van der Waals surface area contributed by atoms with Crippen LogP contribution in [0.15, 0.2) is 60.2 Å². The molecule has 1 N–H and O–H groups in total. The number of halogens is 1. The zero-order valence-corrected chi connectivity index (χ0v) is 16.5. The third kappa shape index (κ3) is 4.41. The normalized spacial score (nSPS) is 12.3. The number of hydrogen-bond acceptors (Lipinski definition) is 3. The molecule has 0 bridgehead atoms. The van der Waals surface area contributed by atoms with E-state index in [4.69, 9.17) is 0 Å². The van der Waals surface area contributed by atoms with Gasteiger partial charge in [-0.1, -0.05) is 30.3 Å². The molecule has 2 aromatic carbocycles. The zero-order chi connectivity index (χ0) is 21.0. The highest BCUT2D eigenvalue weighted by molar-refractivity contribution is 6.02. The summed E-state index contributed by atoms with van der Waals surface area (Å²) in [5.41, 5.74) is 3.77. The third-order valence-corrected chi connectivity index (χ3v) is 4.72. The highest BCUT2D eigenvalue weighted by atomic mass is 19.1. The van der Waals surface area contributed by atoms with Crippen LogP contribution < -0.4 is 5.32 Å². The number of carbonyl (C=O) groups is 1. The van der Waals surface area contributed by atoms with Crippen LogP contribution in [0.3, 0.4) is 0 Å². The molecule has 1 heterocycles. The molecule has 0 spiro atoms. The molecule has 0 unspecified atom stereocenters. The smallest absolute Gasteiger partial charge is 0.262 e. The van der Waals surface area contributed by atoms with Crippen LogP contribution in [0.4, 0.5) is 4.39 Å². The Labute approximate surface area is 169 Å². The summed E-state index contributed by atoms with van der Waals surface area (Å²) in [4.78, 5) is 12.6. The molecule has 146 valence electrons. The number of rotatable bonds is 5. The third-order valence-electron chi connectivity index (χ3n) is 4.72. The van der Waals surface area contributed by atoms with E-state index >= 15 is 0 Å². The van der Waals surface area contributed by atoms with Crippen molar-refractivity contribution in [3.63, 3.8) is 0 Å². The first-order chi connectivity index (χ1) is 13.9. The maximum atomic E-state index is 13.2. The maximum absolute atomic E-state index is 13.2. The quantitative estimate of drug-likeness (QED) is 0.520. The number of aromatic nitrogens is 2. The molecule has 5 nitrogen and oxygen atoms in total. The standard InChI is InChI=1S/C23H21FN4O/c1-15(18-7-5-4-6-8-18)26-23(29)19(14-25)13-22-16(2)27-28(17(22)3)21-11-9-20(24)10-12-21/h4-13,15H,1-3H3,(H,26,29)/b19-13+/t15-/m1/s1. The second-order valence-corrected chi connectivity index (χ2v) is 6.75. The summed E-state index contributed by atoms with van der Waals surface area (Å²) in [5, 5.41) is 16.9. The lowest BCUT2D eigenvalue weighted by atomic mass is 10.1. The molecule has 1 aromatic heterocycles.